The van der Waals surface area contributed by atoms with E-state index in [0.717, 1.165) is 5.06 Å². The Morgan fingerprint density at radius 2 is 2.69 bits per heavy atom. The number of aliphatic hydroxyl groups is 1. The lowest BCUT2D eigenvalue weighted by atomic mass is 10.4. The summed E-state index contributed by atoms with van der Waals surface area (Å²) < 4.78 is 0. The molecule has 0 spiro atoms. The van der Waals surface area contributed by atoms with Gasteiger partial charge in [0.15, 0.2) is 5.69 Å². The maximum Gasteiger partial charge on any atom is 0.299 e. The van der Waals surface area contributed by atoms with E-state index in [1.165, 1.54) is 6.20 Å². The van der Waals surface area contributed by atoms with Gasteiger partial charge in [-0.25, -0.2) is 5.06 Å². The van der Waals surface area contributed by atoms with Gasteiger partial charge in [-0.2, -0.15) is 15.4 Å². The molecule has 0 saturated carbocycles. The highest BCUT2D eigenvalue weighted by molar-refractivity contribution is 5.91. The molecule has 13 heavy (non-hydrogen) atoms. The maximum atomic E-state index is 11.4. The van der Waals surface area contributed by atoms with Crippen LogP contribution < -0.4 is 0 Å². The highest BCUT2D eigenvalue weighted by Gasteiger charge is 2.28. The summed E-state index contributed by atoms with van der Waals surface area (Å²) in [6, 6.07) is 0. The van der Waals surface area contributed by atoms with E-state index in [1.54, 1.807) is 0 Å². The third-order valence-electron chi connectivity index (χ3n) is 1.66. The van der Waals surface area contributed by atoms with Crippen LogP contribution in [-0.2, 0) is 4.84 Å². The van der Waals surface area contributed by atoms with Crippen LogP contribution in [0.2, 0.25) is 0 Å². The fourth-order valence-corrected chi connectivity index (χ4v) is 1.05. The topological polar surface area (TPSA) is 91.3 Å². The van der Waals surface area contributed by atoms with Gasteiger partial charge < -0.3 is 5.11 Å². The SMILES string of the molecule is O=C(c1cn[nH]n1)N1C[C@H](O)CO1. The lowest BCUT2D eigenvalue weighted by Crippen LogP contribution is -2.28. The molecule has 2 rings (SSSR count). The average molecular weight is 184 g/mol. The van der Waals surface area contributed by atoms with Crippen LogP contribution in [0.25, 0.3) is 0 Å². The van der Waals surface area contributed by atoms with E-state index in [0.29, 0.717) is 0 Å². The van der Waals surface area contributed by atoms with Gasteiger partial charge in [-0.15, -0.1) is 0 Å². The zero-order valence-corrected chi connectivity index (χ0v) is 6.67. The Morgan fingerprint density at radius 1 is 1.85 bits per heavy atom. The number of aromatic nitrogens is 3. The monoisotopic (exact) mass is 184 g/mol. The minimum absolute atomic E-state index is 0.142. The molecule has 1 saturated heterocycles. The van der Waals surface area contributed by atoms with Gasteiger partial charge in [-0.3, -0.25) is 9.63 Å². The second-order valence-electron chi connectivity index (χ2n) is 2.67. The van der Waals surface area contributed by atoms with Crippen molar-refractivity contribution in [3.8, 4) is 0 Å². The number of amides is 1. The van der Waals surface area contributed by atoms with Crippen LogP contribution in [-0.4, -0.2) is 50.7 Å². The highest BCUT2D eigenvalue weighted by Crippen LogP contribution is 2.08. The number of nitrogens with one attached hydrogen (secondary N) is 1. The Labute approximate surface area is 73.3 Å². The molecule has 1 aliphatic heterocycles. The van der Waals surface area contributed by atoms with Crippen molar-refractivity contribution in [1.82, 2.24) is 20.5 Å². The number of rotatable bonds is 1. The first kappa shape index (κ1) is 8.14. The molecule has 1 fully saturated rings. The summed E-state index contributed by atoms with van der Waals surface area (Å²) in [6.07, 6.45) is 0.687. The Morgan fingerprint density at radius 3 is 3.23 bits per heavy atom. The highest BCUT2D eigenvalue weighted by atomic mass is 16.7. The van der Waals surface area contributed by atoms with Gasteiger partial charge in [0, 0.05) is 0 Å². The van der Waals surface area contributed by atoms with E-state index in [4.69, 9.17) is 9.94 Å². The Balaban J connectivity index is 2.06. The molecule has 2 heterocycles. The first-order valence-corrected chi connectivity index (χ1v) is 3.76. The van der Waals surface area contributed by atoms with Crippen molar-refractivity contribution in [2.24, 2.45) is 0 Å². The minimum atomic E-state index is -0.615. The molecule has 1 aliphatic rings. The van der Waals surface area contributed by atoms with Crippen LogP contribution in [0.4, 0.5) is 0 Å². The van der Waals surface area contributed by atoms with Crippen LogP contribution in [0.5, 0.6) is 0 Å². The van der Waals surface area contributed by atoms with E-state index in [-0.39, 0.29) is 18.8 Å². The summed E-state index contributed by atoms with van der Waals surface area (Å²) in [7, 11) is 0. The van der Waals surface area contributed by atoms with Crippen molar-refractivity contribution in [3.63, 3.8) is 0 Å². The largest absolute Gasteiger partial charge is 0.389 e. The molecule has 1 aromatic heterocycles. The number of hydrogen-bond donors (Lipinski definition) is 2. The Kier molecular flexibility index (Phi) is 1.95. The molecule has 0 unspecified atom stereocenters. The number of nitrogens with zero attached hydrogens (tertiary/aromatic N) is 3. The summed E-state index contributed by atoms with van der Waals surface area (Å²) in [5, 5.41) is 19.6. The Bertz CT molecular complexity index is 299. The van der Waals surface area contributed by atoms with Crippen molar-refractivity contribution >= 4 is 5.91 Å². The van der Waals surface area contributed by atoms with Crippen LogP contribution >= 0.6 is 0 Å². The molecule has 2 N–H and O–H groups in total. The first-order valence-electron chi connectivity index (χ1n) is 3.76. The zero-order chi connectivity index (χ0) is 9.26. The number of β-amino-alcohol motifs (C(OH)–C–C–N with tert-alkyl or cyclic N) is 1. The van der Waals surface area contributed by atoms with E-state index in [9.17, 15) is 4.79 Å². The van der Waals surface area contributed by atoms with Gasteiger partial charge in [0.2, 0.25) is 0 Å². The first-order chi connectivity index (χ1) is 6.27. The molecule has 0 aromatic carbocycles. The standard InChI is InChI=1S/C6H8N4O3/c11-4-2-10(13-3-4)6(12)5-1-7-9-8-5/h1,4,11H,2-3H2,(H,7,8,9)/t4-/m0/s1. The molecular formula is C6H8N4O3. The molecule has 1 amide bonds. The molecule has 0 aliphatic carbocycles. The summed E-state index contributed by atoms with van der Waals surface area (Å²) >= 11 is 0. The van der Waals surface area contributed by atoms with Gasteiger partial charge in [0.1, 0.15) is 12.7 Å². The predicted molar refractivity (Wildman–Crippen MR) is 39.4 cm³/mol. The molecule has 0 bridgehead atoms. The summed E-state index contributed by atoms with van der Waals surface area (Å²) in [5.74, 6) is -0.398. The fraction of sp³-hybridized carbons (Fsp3) is 0.500. The number of aliphatic hydroxyl groups excluding tert-OH is 1. The van der Waals surface area contributed by atoms with Gasteiger partial charge in [-0.05, 0) is 0 Å². The lowest BCUT2D eigenvalue weighted by Gasteiger charge is -2.10. The van der Waals surface area contributed by atoms with E-state index in [1.807, 2.05) is 0 Å². The lowest BCUT2D eigenvalue weighted by molar-refractivity contribution is -0.0783. The summed E-state index contributed by atoms with van der Waals surface area (Å²) in [4.78, 5) is 16.3. The third-order valence-corrected chi connectivity index (χ3v) is 1.66. The molecule has 7 nitrogen and oxygen atoms in total. The summed E-state index contributed by atoms with van der Waals surface area (Å²) in [5.41, 5.74) is 0.175. The van der Waals surface area contributed by atoms with Crippen LogP contribution in [0.3, 0.4) is 0 Å². The second-order valence-corrected chi connectivity index (χ2v) is 2.67. The van der Waals surface area contributed by atoms with E-state index >= 15 is 0 Å². The number of hydroxylamine groups is 2. The van der Waals surface area contributed by atoms with Gasteiger partial charge in [0.05, 0.1) is 12.7 Å². The quantitative estimate of drug-likeness (QED) is 0.557. The molecule has 1 aromatic rings. The van der Waals surface area contributed by atoms with Gasteiger partial charge >= 0.3 is 0 Å². The van der Waals surface area contributed by atoms with E-state index < -0.39 is 12.0 Å². The predicted octanol–water partition coefficient (Wildman–Crippen LogP) is -1.45. The van der Waals surface area contributed by atoms with Gasteiger partial charge in [-0.1, -0.05) is 0 Å². The van der Waals surface area contributed by atoms with Crippen LogP contribution in [0, 0.1) is 0 Å². The van der Waals surface area contributed by atoms with Crippen molar-refractivity contribution in [2.75, 3.05) is 13.2 Å². The van der Waals surface area contributed by atoms with Crippen molar-refractivity contribution in [3.05, 3.63) is 11.9 Å². The maximum absolute atomic E-state index is 11.4. The Hall–Kier alpha value is -1.47. The third kappa shape index (κ3) is 1.51. The number of carbonyl (C=O) groups excluding carboxylic acids is 1. The smallest absolute Gasteiger partial charge is 0.299 e. The minimum Gasteiger partial charge on any atom is -0.389 e. The average Bonchev–Trinajstić information content (AvgIpc) is 2.72. The second kappa shape index (κ2) is 3.11. The fourth-order valence-electron chi connectivity index (χ4n) is 1.05. The van der Waals surface area contributed by atoms with Crippen molar-refractivity contribution in [1.29, 1.82) is 0 Å². The summed E-state index contributed by atoms with van der Waals surface area (Å²) in [6.45, 7) is 0.315. The van der Waals surface area contributed by atoms with E-state index in [2.05, 4.69) is 15.4 Å². The number of aromatic amines is 1. The molecule has 1 atom stereocenters. The number of carbonyl (C=O) groups is 1. The van der Waals surface area contributed by atoms with Crippen LogP contribution in [0.15, 0.2) is 6.20 Å². The molecule has 70 valence electrons. The zero-order valence-electron chi connectivity index (χ0n) is 6.67. The molecular weight excluding hydrogens is 176 g/mol. The number of H-pyrrole nitrogens is 1. The molecule has 0 radical (unpaired) electrons. The number of hydrogen-bond acceptors (Lipinski definition) is 5. The van der Waals surface area contributed by atoms with Crippen molar-refractivity contribution < 1.29 is 14.7 Å². The van der Waals surface area contributed by atoms with Crippen LogP contribution in [0.1, 0.15) is 10.5 Å². The molecule has 7 heteroatoms. The van der Waals surface area contributed by atoms with Gasteiger partial charge in [0.25, 0.3) is 5.91 Å². The van der Waals surface area contributed by atoms with Crippen molar-refractivity contribution in [2.45, 2.75) is 6.10 Å². The normalized spacial score (nSPS) is 22.2.